The summed E-state index contributed by atoms with van der Waals surface area (Å²) in [5.41, 5.74) is 0. The highest BCUT2D eigenvalue weighted by molar-refractivity contribution is 7.92. The SMILES string of the molecule is Cc1cc(NS(=O)(=O)c2c(F)c(F)cc(F)c2F)no1. The monoisotopic (exact) mass is 310 g/mol. The van der Waals surface area contributed by atoms with Crippen molar-refractivity contribution in [3.8, 4) is 0 Å². The molecule has 0 saturated heterocycles. The number of benzene rings is 1. The Morgan fingerprint density at radius 3 is 2.10 bits per heavy atom. The van der Waals surface area contributed by atoms with Crippen molar-refractivity contribution >= 4 is 15.8 Å². The minimum Gasteiger partial charge on any atom is -0.360 e. The Labute approximate surface area is 110 Å². The number of hydrogen-bond acceptors (Lipinski definition) is 4. The molecule has 10 heteroatoms. The summed E-state index contributed by atoms with van der Waals surface area (Å²) in [5.74, 6) is -7.89. The Hall–Kier alpha value is -2.10. The van der Waals surface area contributed by atoms with Gasteiger partial charge in [-0.3, -0.25) is 4.72 Å². The predicted octanol–water partition coefficient (Wildman–Crippen LogP) is 2.34. The maximum absolute atomic E-state index is 13.4. The summed E-state index contributed by atoms with van der Waals surface area (Å²) in [7, 11) is -4.91. The van der Waals surface area contributed by atoms with Gasteiger partial charge in [0.25, 0.3) is 10.0 Å². The summed E-state index contributed by atoms with van der Waals surface area (Å²) >= 11 is 0. The van der Waals surface area contributed by atoms with Gasteiger partial charge in [0, 0.05) is 12.1 Å². The Bertz CT molecular complexity index is 747. The topological polar surface area (TPSA) is 72.2 Å². The van der Waals surface area contributed by atoms with Crippen molar-refractivity contribution in [1.82, 2.24) is 5.16 Å². The molecule has 0 bridgehead atoms. The van der Waals surface area contributed by atoms with E-state index in [9.17, 15) is 26.0 Å². The first-order chi connectivity index (χ1) is 9.22. The highest BCUT2D eigenvalue weighted by Gasteiger charge is 2.30. The Morgan fingerprint density at radius 2 is 1.65 bits per heavy atom. The molecule has 108 valence electrons. The quantitative estimate of drug-likeness (QED) is 0.697. The third-order valence-corrected chi connectivity index (χ3v) is 3.58. The first kappa shape index (κ1) is 14.3. The molecule has 0 spiro atoms. The molecule has 1 heterocycles. The van der Waals surface area contributed by atoms with Gasteiger partial charge in [0.05, 0.1) is 0 Å². The van der Waals surface area contributed by atoms with Crippen LogP contribution in [0.15, 0.2) is 21.6 Å². The van der Waals surface area contributed by atoms with Crippen LogP contribution in [0, 0.1) is 30.2 Å². The lowest BCUT2D eigenvalue weighted by Gasteiger charge is -2.08. The van der Waals surface area contributed by atoms with E-state index >= 15 is 0 Å². The molecule has 0 atom stereocenters. The fourth-order valence-corrected chi connectivity index (χ4v) is 2.53. The second kappa shape index (κ2) is 4.78. The average Bonchev–Trinajstić information content (AvgIpc) is 2.71. The van der Waals surface area contributed by atoms with E-state index in [1.165, 1.54) is 6.92 Å². The molecule has 0 radical (unpaired) electrons. The van der Waals surface area contributed by atoms with E-state index in [1.807, 2.05) is 0 Å². The van der Waals surface area contributed by atoms with Crippen LogP contribution in [0.5, 0.6) is 0 Å². The van der Waals surface area contributed by atoms with Gasteiger partial charge in [-0.2, -0.15) is 0 Å². The van der Waals surface area contributed by atoms with Gasteiger partial charge in [0.15, 0.2) is 34.0 Å². The predicted molar refractivity (Wildman–Crippen MR) is 58.3 cm³/mol. The van der Waals surface area contributed by atoms with Crippen molar-refractivity contribution in [2.75, 3.05) is 4.72 Å². The van der Waals surface area contributed by atoms with Crippen molar-refractivity contribution in [3.63, 3.8) is 0 Å². The summed E-state index contributed by atoms with van der Waals surface area (Å²) in [6, 6.07) is 1.02. The maximum Gasteiger partial charge on any atom is 0.269 e. The third-order valence-electron chi connectivity index (χ3n) is 2.21. The van der Waals surface area contributed by atoms with E-state index in [-0.39, 0.29) is 17.6 Å². The second-order valence-corrected chi connectivity index (χ2v) is 5.34. The van der Waals surface area contributed by atoms with Gasteiger partial charge in [-0.15, -0.1) is 0 Å². The first-order valence-electron chi connectivity index (χ1n) is 5.01. The molecular weight excluding hydrogens is 304 g/mol. The summed E-state index contributed by atoms with van der Waals surface area (Å²) in [4.78, 5) is -1.77. The molecule has 0 fully saturated rings. The van der Waals surface area contributed by atoms with E-state index in [0.29, 0.717) is 0 Å². The normalized spacial score (nSPS) is 11.7. The van der Waals surface area contributed by atoms with Gasteiger partial charge < -0.3 is 4.52 Å². The first-order valence-corrected chi connectivity index (χ1v) is 6.50. The van der Waals surface area contributed by atoms with Crippen LogP contribution < -0.4 is 4.72 Å². The molecule has 0 unspecified atom stereocenters. The van der Waals surface area contributed by atoms with Crippen LogP contribution >= 0.6 is 0 Å². The van der Waals surface area contributed by atoms with Crippen LogP contribution in [0.3, 0.4) is 0 Å². The van der Waals surface area contributed by atoms with Crippen molar-refractivity contribution < 1.29 is 30.5 Å². The molecule has 0 aliphatic rings. The van der Waals surface area contributed by atoms with Crippen molar-refractivity contribution in [2.24, 2.45) is 0 Å². The van der Waals surface area contributed by atoms with Gasteiger partial charge in [-0.1, -0.05) is 5.16 Å². The van der Waals surface area contributed by atoms with Gasteiger partial charge in [-0.05, 0) is 6.92 Å². The van der Waals surface area contributed by atoms with E-state index < -0.39 is 38.2 Å². The minimum absolute atomic E-state index is 0.0933. The second-order valence-electron chi connectivity index (χ2n) is 3.73. The van der Waals surface area contributed by atoms with Crippen LogP contribution in [-0.4, -0.2) is 13.6 Å². The van der Waals surface area contributed by atoms with Gasteiger partial charge in [0.2, 0.25) is 0 Å². The smallest absolute Gasteiger partial charge is 0.269 e. The molecule has 20 heavy (non-hydrogen) atoms. The molecule has 1 aromatic carbocycles. The lowest BCUT2D eigenvalue weighted by molar-refractivity contribution is 0.400. The highest BCUT2D eigenvalue weighted by Crippen LogP contribution is 2.25. The molecule has 1 aromatic heterocycles. The summed E-state index contributed by atoms with van der Waals surface area (Å²) in [6.45, 7) is 1.44. The summed E-state index contributed by atoms with van der Waals surface area (Å²) in [6.07, 6.45) is 0. The standard InChI is InChI=1S/C10H6F4N2O3S/c1-4-2-7(15-19-4)16-20(17,18)10-8(13)5(11)3-6(12)9(10)14/h2-3H,1H3,(H,15,16). The lowest BCUT2D eigenvalue weighted by Crippen LogP contribution is -2.18. The molecule has 2 aromatic rings. The fraction of sp³-hybridized carbons (Fsp3) is 0.100. The number of sulfonamides is 1. The Morgan fingerprint density at radius 1 is 1.10 bits per heavy atom. The Kier molecular flexibility index (Phi) is 3.42. The van der Waals surface area contributed by atoms with E-state index in [2.05, 4.69) is 9.68 Å². The van der Waals surface area contributed by atoms with E-state index in [4.69, 9.17) is 0 Å². The van der Waals surface area contributed by atoms with Crippen LogP contribution in [0.1, 0.15) is 5.76 Å². The lowest BCUT2D eigenvalue weighted by atomic mass is 10.3. The zero-order valence-electron chi connectivity index (χ0n) is 9.75. The number of aryl methyl sites for hydroxylation is 1. The number of anilines is 1. The van der Waals surface area contributed by atoms with Crippen LogP contribution in [0.25, 0.3) is 0 Å². The number of rotatable bonds is 3. The molecule has 0 saturated carbocycles. The molecule has 0 amide bonds. The van der Waals surface area contributed by atoms with Crippen molar-refractivity contribution in [2.45, 2.75) is 11.8 Å². The van der Waals surface area contributed by atoms with Crippen molar-refractivity contribution in [3.05, 3.63) is 41.2 Å². The molecular formula is C10H6F4N2O3S. The molecule has 1 N–H and O–H groups in total. The fourth-order valence-electron chi connectivity index (χ4n) is 1.39. The van der Waals surface area contributed by atoms with Crippen LogP contribution in [0.4, 0.5) is 23.4 Å². The van der Waals surface area contributed by atoms with Gasteiger partial charge in [0.1, 0.15) is 5.76 Å². The summed E-state index contributed by atoms with van der Waals surface area (Å²) < 4.78 is 82.5. The molecule has 0 aliphatic carbocycles. The zero-order valence-corrected chi connectivity index (χ0v) is 10.6. The number of nitrogens with zero attached hydrogens (tertiary/aromatic N) is 1. The molecule has 0 aliphatic heterocycles. The van der Waals surface area contributed by atoms with Crippen LogP contribution in [0.2, 0.25) is 0 Å². The third kappa shape index (κ3) is 2.46. The van der Waals surface area contributed by atoms with Crippen molar-refractivity contribution in [1.29, 1.82) is 0 Å². The highest BCUT2D eigenvalue weighted by atomic mass is 32.2. The van der Waals surface area contributed by atoms with Crippen LogP contribution in [-0.2, 0) is 10.0 Å². The molecule has 5 nitrogen and oxygen atoms in total. The zero-order chi connectivity index (χ0) is 15.1. The minimum atomic E-state index is -4.91. The summed E-state index contributed by atoms with van der Waals surface area (Å²) in [5, 5.41) is 3.23. The largest absolute Gasteiger partial charge is 0.360 e. The maximum atomic E-state index is 13.4. The van der Waals surface area contributed by atoms with Gasteiger partial charge >= 0.3 is 0 Å². The Balaban J connectivity index is 2.55. The number of aromatic nitrogens is 1. The molecule has 2 rings (SSSR count). The average molecular weight is 310 g/mol. The van der Waals surface area contributed by atoms with Gasteiger partial charge in [-0.25, -0.2) is 26.0 Å². The van der Waals surface area contributed by atoms with E-state index in [0.717, 1.165) is 6.07 Å². The number of hydrogen-bond donors (Lipinski definition) is 1. The number of halogens is 4. The number of nitrogens with one attached hydrogen (secondary N) is 1. The van der Waals surface area contributed by atoms with E-state index in [1.54, 1.807) is 4.72 Å².